The monoisotopic (exact) mass is 325 g/mol. The van der Waals surface area contributed by atoms with Crippen LogP contribution < -0.4 is 5.32 Å². The van der Waals surface area contributed by atoms with Crippen molar-refractivity contribution in [3.05, 3.63) is 71.8 Å². The van der Waals surface area contributed by atoms with Gasteiger partial charge in [0.2, 0.25) is 0 Å². The fourth-order valence-corrected chi connectivity index (χ4v) is 2.91. The van der Waals surface area contributed by atoms with Crippen LogP contribution in [0, 0.1) is 0 Å². The van der Waals surface area contributed by atoms with Crippen LogP contribution in [-0.2, 0) is 20.7 Å². The molecule has 1 aliphatic heterocycles. The molecule has 0 spiro atoms. The van der Waals surface area contributed by atoms with Crippen molar-refractivity contribution < 1.29 is 14.3 Å². The third kappa shape index (κ3) is 4.66. The molecular formula is C20H23NO3. The van der Waals surface area contributed by atoms with Gasteiger partial charge in [-0.05, 0) is 17.5 Å². The minimum atomic E-state index is -0.494. The molecule has 4 nitrogen and oxygen atoms in total. The predicted octanol–water partition coefficient (Wildman–Crippen LogP) is 2.54. The van der Waals surface area contributed by atoms with Crippen LogP contribution in [0.15, 0.2) is 60.7 Å². The Bertz CT molecular complexity index is 624. The van der Waals surface area contributed by atoms with Gasteiger partial charge in [-0.15, -0.1) is 0 Å². The number of carbonyl (C=O) groups excluding carboxylic acids is 1. The van der Waals surface area contributed by atoms with Gasteiger partial charge in [-0.1, -0.05) is 60.7 Å². The standard InChI is InChI=1S/C20H23NO3/c22-20(19-15-23-11-12-24-19)21-14-18(17-9-5-2-6-10-17)13-16-7-3-1-4-8-16/h1-10,18-19H,11-15H2,(H,21,22)/t18-,19+/m0/s1. The van der Waals surface area contributed by atoms with Crippen LogP contribution in [0.3, 0.4) is 0 Å². The zero-order valence-electron chi connectivity index (χ0n) is 13.7. The van der Waals surface area contributed by atoms with Crippen LogP contribution in [0.1, 0.15) is 17.0 Å². The molecule has 0 unspecified atom stereocenters. The van der Waals surface area contributed by atoms with E-state index in [-0.39, 0.29) is 11.8 Å². The van der Waals surface area contributed by atoms with Crippen LogP contribution in [0.2, 0.25) is 0 Å². The number of benzene rings is 2. The van der Waals surface area contributed by atoms with E-state index in [0.717, 1.165) is 6.42 Å². The molecule has 1 N–H and O–H groups in total. The van der Waals surface area contributed by atoms with Crippen molar-refractivity contribution in [2.45, 2.75) is 18.4 Å². The van der Waals surface area contributed by atoms with E-state index < -0.39 is 6.10 Å². The highest BCUT2D eigenvalue weighted by Crippen LogP contribution is 2.20. The van der Waals surface area contributed by atoms with Gasteiger partial charge in [0.05, 0.1) is 19.8 Å². The average Bonchev–Trinajstić information content (AvgIpc) is 2.67. The lowest BCUT2D eigenvalue weighted by Gasteiger charge is -2.24. The van der Waals surface area contributed by atoms with Crippen LogP contribution >= 0.6 is 0 Å². The second kappa shape index (κ2) is 8.62. The molecular weight excluding hydrogens is 302 g/mol. The third-order valence-electron chi connectivity index (χ3n) is 4.23. The van der Waals surface area contributed by atoms with E-state index in [1.165, 1.54) is 11.1 Å². The Morgan fingerprint density at radius 2 is 1.75 bits per heavy atom. The zero-order chi connectivity index (χ0) is 16.6. The lowest BCUT2D eigenvalue weighted by molar-refractivity contribution is -0.147. The van der Waals surface area contributed by atoms with Crippen molar-refractivity contribution in [1.82, 2.24) is 5.32 Å². The normalized spacial score (nSPS) is 18.8. The fourth-order valence-electron chi connectivity index (χ4n) is 2.91. The number of hydrogen-bond donors (Lipinski definition) is 1. The van der Waals surface area contributed by atoms with E-state index in [4.69, 9.17) is 9.47 Å². The van der Waals surface area contributed by atoms with Crippen molar-refractivity contribution in [3.8, 4) is 0 Å². The summed E-state index contributed by atoms with van der Waals surface area (Å²) in [4.78, 5) is 12.3. The summed E-state index contributed by atoms with van der Waals surface area (Å²) in [7, 11) is 0. The Balaban J connectivity index is 1.64. The SMILES string of the molecule is O=C(NC[C@H](Cc1ccccc1)c1ccccc1)[C@H]1COCCO1. The Labute approximate surface area is 142 Å². The minimum Gasteiger partial charge on any atom is -0.376 e. The maximum atomic E-state index is 12.3. The molecule has 2 aromatic carbocycles. The quantitative estimate of drug-likeness (QED) is 0.888. The molecule has 0 radical (unpaired) electrons. The maximum Gasteiger partial charge on any atom is 0.251 e. The second-order valence-corrected chi connectivity index (χ2v) is 5.98. The Morgan fingerprint density at radius 3 is 2.42 bits per heavy atom. The highest BCUT2D eigenvalue weighted by atomic mass is 16.6. The molecule has 1 fully saturated rings. The number of nitrogens with one attached hydrogen (secondary N) is 1. The molecule has 1 heterocycles. The zero-order valence-corrected chi connectivity index (χ0v) is 13.7. The summed E-state index contributed by atoms with van der Waals surface area (Å²) < 4.78 is 10.8. The minimum absolute atomic E-state index is 0.0938. The lowest BCUT2D eigenvalue weighted by atomic mass is 9.92. The summed E-state index contributed by atoms with van der Waals surface area (Å²) in [6.07, 6.45) is 0.388. The van der Waals surface area contributed by atoms with Gasteiger partial charge in [0.15, 0.2) is 6.10 Å². The van der Waals surface area contributed by atoms with Crippen molar-refractivity contribution in [2.24, 2.45) is 0 Å². The van der Waals surface area contributed by atoms with E-state index in [2.05, 4.69) is 29.6 Å². The first-order chi connectivity index (χ1) is 11.8. The predicted molar refractivity (Wildman–Crippen MR) is 92.9 cm³/mol. The first-order valence-corrected chi connectivity index (χ1v) is 8.39. The van der Waals surface area contributed by atoms with Crippen molar-refractivity contribution in [2.75, 3.05) is 26.4 Å². The van der Waals surface area contributed by atoms with E-state index in [9.17, 15) is 4.79 Å². The molecule has 24 heavy (non-hydrogen) atoms. The summed E-state index contributed by atoms with van der Waals surface area (Å²) in [5.74, 6) is 0.130. The fraction of sp³-hybridized carbons (Fsp3) is 0.350. The van der Waals surface area contributed by atoms with Gasteiger partial charge in [-0.25, -0.2) is 0 Å². The molecule has 3 rings (SSSR count). The van der Waals surface area contributed by atoms with Gasteiger partial charge in [0, 0.05) is 12.5 Å². The highest BCUT2D eigenvalue weighted by molar-refractivity contribution is 5.81. The van der Waals surface area contributed by atoms with Crippen molar-refractivity contribution in [1.29, 1.82) is 0 Å². The van der Waals surface area contributed by atoms with Gasteiger partial charge in [-0.3, -0.25) is 4.79 Å². The van der Waals surface area contributed by atoms with Gasteiger partial charge in [-0.2, -0.15) is 0 Å². The first-order valence-electron chi connectivity index (χ1n) is 8.39. The molecule has 126 valence electrons. The maximum absolute atomic E-state index is 12.3. The lowest BCUT2D eigenvalue weighted by Crippen LogP contribution is -2.44. The number of ether oxygens (including phenoxy) is 2. The number of carbonyl (C=O) groups is 1. The van der Waals surface area contributed by atoms with E-state index in [1.54, 1.807) is 0 Å². The van der Waals surface area contributed by atoms with Crippen molar-refractivity contribution in [3.63, 3.8) is 0 Å². The molecule has 1 saturated heterocycles. The summed E-state index contributed by atoms with van der Waals surface area (Å²) in [6.45, 7) is 1.95. The topological polar surface area (TPSA) is 47.6 Å². The van der Waals surface area contributed by atoms with Crippen molar-refractivity contribution >= 4 is 5.91 Å². The summed E-state index contributed by atoms with van der Waals surface area (Å²) in [5.41, 5.74) is 2.49. The van der Waals surface area contributed by atoms with Crippen LogP contribution in [0.4, 0.5) is 0 Å². The summed E-state index contributed by atoms with van der Waals surface area (Å²) >= 11 is 0. The number of hydrogen-bond acceptors (Lipinski definition) is 3. The Kier molecular flexibility index (Phi) is 5.99. The summed E-state index contributed by atoms with van der Waals surface area (Å²) in [5, 5.41) is 3.03. The van der Waals surface area contributed by atoms with Crippen LogP contribution in [-0.4, -0.2) is 38.4 Å². The first kappa shape index (κ1) is 16.7. The molecule has 1 amide bonds. The molecule has 0 aliphatic carbocycles. The average molecular weight is 325 g/mol. The number of amides is 1. The molecule has 2 aromatic rings. The summed E-state index contributed by atoms with van der Waals surface area (Å²) in [6, 6.07) is 20.6. The molecule has 2 atom stereocenters. The van der Waals surface area contributed by atoms with E-state index >= 15 is 0 Å². The molecule has 0 bridgehead atoms. The van der Waals surface area contributed by atoms with Crippen LogP contribution in [0.5, 0.6) is 0 Å². The Hall–Kier alpha value is -2.17. The third-order valence-corrected chi connectivity index (χ3v) is 4.23. The molecule has 4 heteroatoms. The Morgan fingerprint density at radius 1 is 1.04 bits per heavy atom. The van der Waals surface area contributed by atoms with Gasteiger partial charge in [0.1, 0.15) is 0 Å². The molecule has 0 aromatic heterocycles. The largest absolute Gasteiger partial charge is 0.376 e. The van der Waals surface area contributed by atoms with Gasteiger partial charge >= 0.3 is 0 Å². The van der Waals surface area contributed by atoms with Crippen LogP contribution in [0.25, 0.3) is 0 Å². The van der Waals surface area contributed by atoms with E-state index in [0.29, 0.717) is 26.4 Å². The second-order valence-electron chi connectivity index (χ2n) is 5.98. The number of rotatable bonds is 6. The van der Waals surface area contributed by atoms with Gasteiger partial charge < -0.3 is 14.8 Å². The highest BCUT2D eigenvalue weighted by Gasteiger charge is 2.23. The smallest absolute Gasteiger partial charge is 0.251 e. The van der Waals surface area contributed by atoms with E-state index in [1.807, 2.05) is 36.4 Å². The molecule has 0 saturated carbocycles. The molecule has 1 aliphatic rings. The van der Waals surface area contributed by atoms with Gasteiger partial charge in [0.25, 0.3) is 5.91 Å².